The zero-order chi connectivity index (χ0) is 18.9. The molecular weight excluding hydrogens is 329 g/mol. The van der Waals surface area contributed by atoms with Gasteiger partial charge in [-0.05, 0) is 42.8 Å². The Morgan fingerprint density at radius 3 is 2.04 bits per heavy atom. The lowest BCUT2D eigenvalue weighted by atomic mass is 9.88. The summed E-state index contributed by atoms with van der Waals surface area (Å²) in [5.41, 5.74) is 4.07. The van der Waals surface area contributed by atoms with Crippen molar-refractivity contribution in [2.24, 2.45) is 0 Å². The number of piperazine rings is 1. The van der Waals surface area contributed by atoms with Gasteiger partial charge in [0.1, 0.15) is 0 Å². The Balaban J connectivity index is 1.46. The normalized spacial score (nSPS) is 15.9. The lowest BCUT2D eigenvalue weighted by molar-refractivity contribution is 0.204. The molecule has 0 saturated carbocycles. The van der Waals surface area contributed by atoms with Crippen molar-refractivity contribution in [2.75, 3.05) is 45.8 Å². The van der Waals surface area contributed by atoms with E-state index in [1.807, 2.05) is 0 Å². The molecule has 1 aliphatic heterocycles. The van der Waals surface area contributed by atoms with Gasteiger partial charge in [-0.3, -0.25) is 4.90 Å². The molecule has 0 amide bonds. The highest BCUT2D eigenvalue weighted by atomic mass is 15.2. The second-order valence-corrected chi connectivity index (χ2v) is 7.67. The van der Waals surface area contributed by atoms with Crippen molar-refractivity contribution in [3.63, 3.8) is 0 Å². The van der Waals surface area contributed by atoms with Crippen molar-refractivity contribution >= 4 is 7.98 Å². The van der Waals surface area contributed by atoms with Gasteiger partial charge in [-0.25, -0.2) is 0 Å². The van der Waals surface area contributed by atoms with Gasteiger partial charge in [0.25, 0.3) is 0 Å². The minimum atomic E-state index is 0.436. The predicted molar refractivity (Wildman–Crippen MR) is 118 cm³/mol. The van der Waals surface area contributed by atoms with E-state index in [0.717, 1.165) is 52.2 Å². The lowest BCUT2D eigenvalue weighted by Crippen LogP contribution is -2.46. The third-order valence-electron chi connectivity index (χ3n) is 5.43. The number of nitrogens with zero attached hydrogens (tertiary/aromatic N) is 2. The maximum atomic E-state index is 4.28. The van der Waals surface area contributed by atoms with E-state index in [-0.39, 0.29) is 0 Å². The van der Waals surface area contributed by atoms with E-state index < -0.39 is 0 Å². The maximum Gasteiger partial charge on any atom is 0.185 e. The first kappa shape index (κ1) is 19.9. The molecule has 0 spiro atoms. The molecule has 142 valence electrons. The first-order valence-corrected chi connectivity index (χ1v) is 10.1. The van der Waals surface area contributed by atoms with Gasteiger partial charge in [0.05, 0.1) is 0 Å². The summed E-state index contributed by atoms with van der Waals surface area (Å²) in [6.45, 7) is 11.8. The van der Waals surface area contributed by atoms with Crippen molar-refractivity contribution in [1.82, 2.24) is 15.0 Å². The molecule has 4 heteroatoms. The van der Waals surface area contributed by atoms with Crippen LogP contribution in [0.5, 0.6) is 0 Å². The highest BCUT2D eigenvalue weighted by Crippen LogP contribution is 2.27. The molecule has 0 unspecified atom stereocenters. The van der Waals surface area contributed by atoms with Crippen molar-refractivity contribution in [3.8, 4) is 0 Å². The number of benzene rings is 2. The van der Waals surface area contributed by atoms with Crippen molar-refractivity contribution in [1.29, 1.82) is 0 Å². The lowest BCUT2D eigenvalue weighted by Gasteiger charge is -2.33. The number of rotatable bonds is 9. The molecule has 1 heterocycles. The van der Waals surface area contributed by atoms with Gasteiger partial charge in [0, 0.05) is 32.1 Å². The van der Waals surface area contributed by atoms with Crippen LogP contribution >= 0.6 is 0 Å². The maximum absolute atomic E-state index is 4.28. The fourth-order valence-electron chi connectivity index (χ4n) is 3.79. The monoisotopic (exact) mass is 361 g/mol. The molecule has 3 nitrogen and oxygen atoms in total. The Hall–Kier alpha value is -1.88. The van der Waals surface area contributed by atoms with Gasteiger partial charge in [-0.15, -0.1) is 0 Å². The minimum Gasteiger partial charge on any atom is -0.346 e. The molecule has 0 atom stereocenters. The van der Waals surface area contributed by atoms with Gasteiger partial charge in [-0.1, -0.05) is 67.2 Å². The van der Waals surface area contributed by atoms with Crippen LogP contribution in [0.3, 0.4) is 0 Å². The van der Waals surface area contributed by atoms with E-state index in [1.165, 1.54) is 16.7 Å². The minimum absolute atomic E-state index is 0.436. The molecule has 2 aromatic carbocycles. The number of hydrogen-bond acceptors (Lipinski definition) is 3. The highest BCUT2D eigenvalue weighted by Gasteiger charge is 2.15. The molecule has 0 aromatic heterocycles. The molecule has 2 aromatic rings. The van der Waals surface area contributed by atoms with Crippen LogP contribution in [-0.2, 0) is 0 Å². The first-order valence-electron chi connectivity index (χ1n) is 10.1. The van der Waals surface area contributed by atoms with E-state index in [1.54, 1.807) is 0 Å². The Morgan fingerprint density at radius 1 is 0.926 bits per heavy atom. The van der Waals surface area contributed by atoms with Crippen LogP contribution in [0.4, 0.5) is 0 Å². The first-order chi connectivity index (χ1) is 13.2. The quantitative estimate of drug-likeness (QED) is 0.421. The van der Waals surface area contributed by atoms with Crippen LogP contribution in [0, 0.1) is 0 Å². The van der Waals surface area contributed by atoms with Crippen molar-refractivity contribution in [2.45, 2.75) is 12.3 Å². The summed E-state index contributed by atoms with van der Waals surface area (Å²) >= 11 is 0. The Labute approximate surface area is 165 Å². The summed E-state index contributed by atoms with van der Waals surface area (Å²) in [6, 6.07) is 21.7. The smallest absolute Gasteiger partial charge is 0.185 e. The molecule has 0 aliphatic carbocycles. The molecular formula is C23H32BN3. The number of hydrogen-bond donors (Lipinski definition) is 1. The number of nitrogens with one attached hydrogen (secondary N) is 1. The van der Waals surface area contributed by atoms with Crippen LogP contribution in [0.1, 0.15) is 23.5 Å². The van der Waals surface area contributed by atoms with Crippen LogP contribution in [0.2, 0.25) is 0 Å². The third-order valence-corrected chi connectivity index (χ3v) is 5.43. The van der Waals surface area contributed by atoms with E-state index >= 15 is 0 Å². The van der Waals surface area contributed by atoms with Crippen molar-refractivity contribution < 1.29 is 0 Å². The fourth-order valence-corrected chi connectivity index (χ4v) is 3.79. The average molecular weight is 361 g/mol. The van der Waals surface area contributed by atoms with E-state index in [0.29, 0.717) is 5.92 Å². The van der Waals surface area contributed by atoms with Crippen molar-refractivity contribution in [3.05, 3.63) is 83.9 Å². The van der Waals surface area contributed by atoms with E-state index in [9.17, 15) is 0 Å². The average Bonchev–Trinajstić information content (AvgIpc) is 2.71. The van der Waals surface area contributed by atoms with Crippen LogP contribution in [-0.4, -0.2) is 63.5 Å². The van der Waals surface area contributed by atoms with E-state index in [2.05, 4.69) is 90.3 Å². The fraction of sp³-hybridized carbons (Fsp3) is 0.391. The van der Waals surface area contributed by atoms with Gasteiger partial charge >= 0.3 is 0 Å². The largest absolute Gasteiger partial charge is 0.346 e. The van der Waals surface area contributed by atoms with Crippen LogP contribution < -0.4 is 5.32 Å². The Morgan fingerprint density at radius 2 is 1.48 bits per heavy atom. The summed E-state index contributed by atoms with van der Waals surface area (Å²) < 4.78 is 0. The van der Waals surface area contributed by atoms with E-state index in [4.69, 9.17) is 0 Å². The molecule has 27 heavy (non-hydrogen) atoms. The molecule has 1 N–H and O–H groups in total. The molecule has 1 aliphatic rings. The zero-order valence-corrected chi connectivity index (χ0v) is 16.6. The summed E-state index contributed by atoms with van der Waals surface area (Å²) in [5, 5.41) is 3.62. The zero-order valence-electron chi connectivity index (χ0n) is 16.6. The topological polar surface area (TPSA) is 18.5 Å². The van der Waals surface area contributed by atoms with Gasteiger partial charge < -0.3 is 10.1 Å². The third kappa shape index (κ3) is 6.35. The Bertz CT molecular complexity index is 642. The second-order valence-electron chi connectivity index (χ2n) is 7.67. The SMILES string of the molecule is BN1CCN(CC(=C)CNCCC(c2ccccc2)c2ccccc2)CC1. The summed E-state index contributed by atoms with van der Waals surface area (Å²) in [7, 11) is 2.20. The van der Waals surface area contributed by atoms with Gasteiger partial charge in [-0.2, -0.15) is 0 Å². The Kier molecular flexibility index (Phi) is 7.70. The highest BCUT2D eigenvalue weighted by molar-refractivity contribution is 6.04. The van der Waals surface area contributed by atoms with Crippen LogP contribution in [0.25, 0.3) is 0 Å². The predicted octanol–water partition coefficient (Wildman–Crippen LogP) is 2.52. The molecule has 0 radical (unpaired) electrons. The second kappa shape index (κ2) is 10.5. The summed E-state index contributed by atoms with van der Waals surface area (Å²) in [6.07, 6.45) is 1.09. The van der Waals surface area contributed by atoms with Crippen LogP contribution in [0.15, 0.2) is 72.8 Å². The molecule has 0 bridgehead atoms. The van der Waals surface area contributed by atoms with Gasteiger partial charge in [0.15, 0.2) is 7.98 Å². The molecule has 1 saturated heterocycles. The molecule has 1 fully saturated rings. The summed E-state index contributed by atoms with van der Waals surface area (Å²) in [4.78, 5) is 4.91. The standard InChI is InChI=1S/C23H32BN3/c1-20(19-26-14-16-27(24)17-15-26)18-25-13-12-23(21-8-4-2-5-9-21)22-10-6-3-7-11-22/h2-11,23,25H,1,12-19,24H2. The van der Waals surface area contributed by atoms with Gasteiger partial charge in [0.2, 0.25) is 0 Å². The summed E-state index contributed by atoms with van der Waals surface area (Å²) in [5.74, 6) is 0.436. The molecule has 3 rings (SSSR count).